The van der Waals surface area contributed by atoms with E-state index in [0.29, 0.717) is 18.4 Å². The molecule has 3 unspecified atom stereocenters. The van der Waals surface area contributed by atoms with Crippen LogP contribution in [0.3, 0.4) is 0 Å². The summed E-state index contributed by atoms with van der Waals surface area (Å²) in [7, 11) is 1.70. The van der Waals surface area contributed by atoms with Crippen LogP contribution in [0.15, 0.2) is 0 Å². The Labute approximate surface area is 98.3 Å². The van der Waals surface area contributed by atoms with Crippen molar-refractivity contribution in [2.75, 3.05) is 20.3 Å². The Morgan fingerprint density at radius 3 is 2.56 bits per heavy atom. The van der Waals surface area contributed by atoms with Crippen molar-refractivity contribution in [1.82, 2.24) is 10.2 Å². The Morgan fingerprint density at radius 1 is 1.44 bits per heavy atom. The largest absolute Gasteiger partial charge is 0.384 e. The number of hydrogen-bond donors (Lipinski definition) is 1. The first-order valence-corrected chi connectivity index (χ1v) is 6.02. The second kappa shape index (κ2) is 5.64. The molecule has 0 aromatic rings. The van der Waals surface area contributed by atoms with Crippen LogP contribution in [-0.4, -0.2) is 43.3 Å². The number of carbonyl (C=O) groups excluding carboxylic acids is 1. The first kappa shape index (κ1) is 13.5. The third kappa shape index (κ3) is 2.95. The molecule has 0 aromatic heterocycles. The van der Waals surface area contributed by atoms with E-state index in [1.54, 1.807) is 7.11 Å². The molecule has 1 rings (SSSR count). The van der Waals surface area contributed by atoms with E-state index in [1.807, 2.05) is 11.8 Å². The van der Waals surface area contributed by atoms with Crippen LogP contribution >= 0.6 is 0 Å². The zero-order valence-electron chi connectivity index (χ0n) is 11.0. The van der Waals surface area contributed by atoms with Crippen molar-refractivity contribution in [3.63, 3.8) is 0 Å². The van der Waals surface area contributed by atoms with E-state index >= 15 is 0 Å². The smallest absolute Gasteiger partial charge is 0.240 e. The molecule has 0 aromatic carbocycles. The highest BCUT2D eigenvalue weighted by atomic mass is 16.5. The highest BCUT2D eigenvalue weighted by Gasteiger charge is 2.37. The quantitative estimate of drug-likeness (QED) is 0.765. The van der Waals surface area contributed by atoms with Gasteiger partial charge in [-0.2, -0.15) is 0 Å². The molecule has 0 radical (unpaired) electrons. The van der Waals surface area contributed by atoms with Crippen LogP contribution in [0.4, 0.5) is 0 Å². The molecule has 94 valence electrons. The highest BCUT2D eigenvalue weighted by molar-refractivity contribution is 5.83. The minimum Gasteiger partial charge on any atom is -0.384 e. The maximum atomic E-state index is 12.0. The van der Waals surface area contributed by atoms with Gasteiger partial charge in [-0.15, -0.1) is 0 Å². The van der Waals surface area contributed by atoms with Gasteiger partial charge in [-0.25, -0.2) is 0 Å². The van der Waals surface area contributed by atoms with E-state index < -0.39 is 0 Å². The summed E-state index contributed by atoms with van der Waals surface area (Å²) in [5.41, 5.74) is 0. The minimum atomic E-state index is -0.0536. The number of nitrogens with zero attached hydrogens (tertiary/aromatic N) is 1. The molecule has 4 nitrogen and oxygen atoms in total. The summed E-state index contributed by atoms with van der Waals surface area (Å²) >= 11 is 0. The summed E-state index contributed by atoms with van der Waals surface area (Å²) in [6, 6.07) is -0.0536. The highest BCUT2D eigenvalue weighted by Crippen LogP contribution is 2.19. The molecule has 0 saturated carbocycles. The lowest BCUT2D eigenvalue weighted by Crippen LogP contribution is -2.43. The molecule has 0 bridgehead atoms. The molecule has 1 N–H and O–H groups in total. The van der Waals surface area contributed by atoms with Gasteiger partial charge in [0.25, 0.3) is 0 Å². The lowest BCUT2D eigenvalue weighted by atomic mass is 10.1. The number of nitrogens with one attached hydrogen (secondary N) is 1. The normalized spacial score (nSPS) is 27.9. The fraction of sp³-hybridized carbons (Fsp3) is 0.917. The Balaban J connectivity index is 2.63. The topological polar surface area (TPSA) is 41.6 Å². The first-order chi connectivity index (χ1) is 7.47. The number of ether oxygens (including phenoxy) is 1. The number of carbonyl (C=O) groups is 1. The predicted molar refractivity (Wildman–Crippen MR) is 64.0 cm³/mol. The zero-order valence-corrected chi connectivity index (χ0v) is 11.0. The molecule has 1 fully saturated rings. The molecule has 0 aliphatic carbocycles. The Hall–Kier alpha value is -0.610. The maximum Gasteiger partial charge on any atom is 0.240 e. The van der Waals surface area contributed by atoms with Crippen molar-refractivity contribution in [2.45, 2.75) is 39.9 Å². The SMILES string of the molecule is COCC(C)CN1C(=O)C(C)NC1C(C)C. The van der Waals surface area contributed by atoms with Crippen molar-refractivity contribution in [1.29, 1.82) is 0 Å². The molecule has 4 heteroatoms. The zero-order chi connectivity index (χ0) is 12.3. The third-order valence-corrected chi connectivity index (χ3v) is 3.00. The van der Waals surface area contributed by atoms with Gasteiger partial charge >= 0.3 is 0 Å². The van der Waals surface area contributed by atoms with Gasteiger partial charge < -0.3 is 9.64 Å². The van der Waals surface area contributed by atoms with E-state index in [0.717, 1.165) is 6.54 Å². The molecule has 1 saturated heterocycles. The Kier molecular flexibility index (Phi) is 4.74. The van der Waals surface area contributed by atoms with Gasteiger partial charge in [0, 0.05) is 13.7 Å². The Bertz CT molecular complexity index is 243. The fourth-order valence-electron chi connectivity index (χ4n) is 2.23. The molecular weight excluding hydrogens is 204 g/mol. The van der Waals surface area contributed by atoms with Crippen LogP contribution in [0.2, 0.25) is 0 Å². The third-order valence-electron chi connectivity index (χ3n) is 3.00. The van der Waals surface area contributed by atoms with E-state index in [1.165, 1.54) is 0 Å². The van der Waals surface area contributed by atoms with Crippen molar-refractivity contribution < 1.29 is 9.53 Å². The van der Waals surface area contributed by atoms with Crippen LogP contribution in [0.25, 0.3) is 0 Å². The summed E-state index contributed by atoms with van der Waals surface area (Å²) in [5, 5.41) is 3.34. The van der Waals surface area contributed by atoms with Crippen molar-refractivity contribution >= 4 is 5.91 Å². The van der Waals surface area contributed by atoms with Crippen molar-refractivity contribution in [3.8, 4) is 0 Å². The van der Waals surface area contributed by atoms with Crippen LogP contribution in [0.1, 0.15) is 27.7 Å². The lowest BCUT2D eigenvalue weighted by Gasteiger charge is -2.29. The molecule has 16 heavy (non-hydrogen) atoms. The van der Waals surface area contributed by atoms with Crippen LogP contribution in [0, 0.1) is 11.8 Å². The molecule has 1 aliphatic rings. The minimum absolute atomic E-state index is 0.0536. The van der Waals surface area contributed by atoms with E-state index in [9.17, 15) is 4.79 Å². The van der Waals surface area contributed by atoms with Gasteiger partial charge in [0.15, 0.2) is 0 Å². The number of amides is 1. The average Bonchev–Trinajstić information content (AvgIpc) is 2.46. The van der Waals surface area contributed by atoms with E-state index in [2.05, 4.69) is 26.1 Å². The molecule has 1 heterocycles. The predicted octanol–water partition coefficient (Wildman–Crippen LogP) is 1.07. The summed E-state index contributed by atoms with van der Waals surface area (Å²) in [6.07, 6.45) is 0.168. The molecule has 0 spiro atoms. The van der Waals surface area contributed by atoms with E-state index in [-0.39, 0.29) is 18.1 Å². The molecule has 3 atom stereocenters. The van der Waals surface area contributed by atoms with Gasteiger partial charge in [-0.3, -0.25) is 10.1 Å². The van der Waals surface area contributed by atoms with Gasteiger partial charge in [0.05, 0.1) is 18.8 Å². The van der Waals surface area contributed by atoms with Gasteiger partial charge in [-0.05, 0) is 18.8 Å². The van der Waals surface area contributed by atoms with Gasteiger partial charge in [0.1, 0.15) is 0 Å². The fourth-order valence-corrected chi connectivity index (χ4v) is 2.23. The van der Waals surface area contributed by atoms with Crippen LogP contribution in [-0.2, 0) is 9.53 Å². The number of hydrogen-bond acceptors (Lipinski definition) is 3. The number of rotatable bonds is 5. The van der Waals surface area contributed by atoms with E-state index in [4.69, 9.17) is 4.74 Å². The van der Waals surface area contributed by atoms with Crippen LogP contribution in [0.5, 0.6) is 0 Å². The van der Waals surface area contributed by atoms with Gasteiger partial charge in [0.2, 0.25) is 5.91 Å². The summed E-state index contributed by atoms with van der Waals surface area (Å²) in [6.45, 7) is 9.78. The van der Waals surface area contributed by atoms with Crippen LogP contribution < -0.4 is 5.32 Å². The first-order valence-electron chi connectivity index (χ1n) is 6.02. The summed E-state index contributed by atoms with van der Waals surface area (Å²) in [4.78, 5) is 13.9. The summed E-state index contributed by atoms with van der Waals surface area (Å²) < 4.78 is 5.11. The maximum absolute atomic E-state index is 12.0. The monoisotopic (exact) mass is 228 g/mol. The second-order valence-corrected chi connectivity index (χ2v) is 5.13. The van der Waals surface area contributed by atoms with Crippen molar-refractivity contribution in [2.24, 2.45) is 11.8 Å². The molecule has 1 aliphatic heterocycles. The molecular formula is C12H24N2O2. The Morgan fingerprint density at radius 2 is 2.06 bits per heavy atom. The van der Waals surface area contributed by atoms with Crippen molar-refractivity contribution in [3.05, 3.63) is 0 Å². The standard InChI is InChI=1S/C12H24N2O2/c1-8(2)11-13-10(4)12(15)14(11)6-9(3)7-16-5/h8-11,13H,6-7H2,1-5H3. The average molecular weight is 228 g/mol. The molecule has 1 amide bonds. The number of methoxy groups -OCH3 is 1. The second-order valence-electron chi connectivity index (χ2n) is 5.13. The lowest BCUT2D eigenvalue weighted by molar-refractivity contribution is -0.131. The van der Waals surface area contributed by atoms with Gasteiger partial charge in [-0.1, -0.05) is 20.8 Å². The summed E-state index contributed by atoms with van der Waals surface area (Å²) in [5.74, 6) is 1.02.